The highest BCUT2D eigenvalue weighted by atomic mass is 16.6. The van der Waals surface area contributed by atoms with Gasteiger partial charge in [0.15, 0.2) is 5.69 Å². The van der Waals surface area contributed by atoms with Crippen molar-refractivity contribution in [1.82, 2.24) is 9.88 Å². The summed E-state index contributed by atoms with van der Waals surface area (Å²) in [4.78, 5) is 32.3. The van der Waals surface area contributed by atoms with E-state index in [0.717, 1.165) is 11.4 Å². The van der Waals surface area contributed by atoms with Gasteiger partial charge in [-0.1, -0.05) is 6.07 Å². The fraction of sp³-hybridized carbons (Fsp3) is 0.286. The summed E-state index contributed by atoms with van der Waals surface area (Å²) in [5, 5.41) is 10.8. The first kappa shape index (κ1) is 14.1. The largest absolute Gasteiger partial charge is 0.325 e. The predicted molar refractivity (Wildman–Crippen MR) is 78.3 cm³/mol. The van der Waals surface area contributed by atoms with Crippen molar-refractivity contribution in [2.75, 3.05) is 18.0 Å². The van der Waals surface area contributed by atoms with Crippen LogP contribution in [-0.2, 0) is 6.54 Å². The third kappa shape index (κ3) is 2.50. The quantitative estimate of drug-likeness (QED) is 0.684. The van der Waals surface area contributed by atoms with Crippen LogP contribution in [0, 0.1) is 17.0 Å². The second-order valence-electron chi connectivity index (χ2n) is 5.17. The van der Waals surface area contributed by atoms with Gasteiger partial charge in [0.1, 0.15) is 5.69 Å². The number of carbonyl (C=O) groups is 1. The van der Waals surface area contributed by atoms with Crippen LogP contribution in [0.2, 0.25) is 0 Å². The van der Waals surface area contributed by atoms with Crippen molar-refractivity contribution < 1.29 is 14.7 Å². The zero-order valence-corrected chi connectivity index (χ0v) is 12.1. The zero-order valence-electron chi connectivity index (χ0n) is 12.1. The van der Waals surface area contributed by atoms with Gasteiger partial charge < -0.3 is 4.90 Å². The molecular formula is C14H16N5O3+. The van der Waals surface area contributed by atoms with Gasteiger partial charge in [-0.15, -0.1) is 0 Å². The highest BCUT2D eigenvalue weighted by Gasteiger charge is 2.31. The molecule has 0 aliphatic carbocycles. The van der Waals surface area contributed by atoms with Crippen LogP contribution < -0.4 is 9.88 Å². The maximum absolute atomic E-state index is 12.5. The fourth-order valence-electron chi connectivity index (χ4n) is 2.53. The summed E-state index contributed by atoms with van der Waals surface area (Å²) >= 11 is 0. The van der Waals surface area contributed by atoms with Crippen molar-refractivity contribution in [3.63, 3.8) is 0 Å². The molecular weight excluding hydrogens is 286 g/mol. The van der Waals surface area contributed by atoms with E-state index in [4.69, 9.17) is 0 Å². The van der Waals surface area contributed by atoms with Crippen LogP contribution in [0.25, 0.3) is 0 Å². The minimum Gasteiger partial charge on any atom is -0.314 e. The Kier molecular flexibility index (Phi) is 3.50. The number of nitrogens with one attached hydrogen (secondary N) is 2. The summed E-state index contributed by atoms with van der Waals surface area (Å²) in [7, 11) is 0. The minimum absolute atomic E-state index is 0.0152. The van der Waals surface area contributed by atoms with Gasteiger partial charge in [0.05, 0.1) is 17.2 Å². The Labute approximate surface area is 126 Å². The summed E-state index contributed by atoms with van der Waals surface area (Å²) in [5.74, 6) is 0. The number of nitro benzene ring substituents is 1. The van der Waals surface area contributed by atoms with Crippen LogP contribution >= 0.6 is 0 Å². The fourth-order valence-corrected chi connectivity index (χ4v) is 2.53. The van der Waals surface area contributed by atoms with Crippen molar-refractivity contribution >= 4 is 17.4 Å². The van der Waals surface area contributed by atoms with Crippen molar-refractivity contribution in [2.24, 2.45) is 0 Å². The van der Waals surface area contributed by atoms with Gasteiger partial charge in [0, 0.05) is 32.1 Å². The van der Waals surface area contributed by atoms with Crippen molar-refractivity contribution in [3.8, 4) is 0 Å². The van der Waals surface area contributed by atoms with E-state index < -0.39 is 4.92 Å². The lowest BCUT2D eigenvalue weighted by atomic mass is 10.2. The van der Waals surface area contributed by atoms with E-state index in [1.807, 2.05) is 6.92 Å². The second-order valence-corrected chi connectivity index (χ2v) is 5.17. The van der Waals surface area contributed by atoms with E-state index in [1.54, 1.807) is 28.3 Å². The number of nitro groups is 1. The lowest BCUT2D eigenvalue weighted by molar-refractivity contribution is -0.390. The highest BCUT2D eigenvalue weighted by Crippen LogP contribution is 2.25. The minimum atomic E-state index is -0.458. The molecule has 0 bridgehead atoms. The molecule has 1 aliphatic rings. The predicted octanol–water partition coefficient (Wildman–Crippen LogP) is 1.49. The van der Waals surface area contributed by atoms with Crippen LogP contribution in [0.4, 0.5) is 16.2 Å². The van der Waals surface area contributed by atoms with Gasteiger partial charge in [0.2, 0.25) is 6.33 Å². The number of hydrogen-bond acceptors (Lipinski definition) is 3. The van der Waals surface area contributed by atoms with Crippen LogP contribution in [0.1, 0.15) is 11.4 Å². The second kappa shape index (κ2) is 5.47. The maximum Gasteiger partial charge on any atom is 0.325 e. The number of aryl methyl sites for hydroxylation is 1. The van der Waals surface area contributed by atoms with E-state index in [2.05, 4.69) is 9.97 Å². The molecule has 0 radical (unpaired) electrons. The Morgan fingerprint density at radius 3 is 2.91 bits per heavy atom. The molecule has 0 saturated carbocycles. The van der Waals surface area contributed by atoms with Crippen molar-refractivity contribution in [1.29, 1.82) is 0 Å². The molecule has 0 unspecified atom stereocenters. The topological polar surface area (TPSA) is 96.6 Å². The summed E-state index contributed by atoms with van der Waals surface area (Å²) in [6.45, 7) is 3.52. The molecule has 1 aromatic carbocycles. The normalized spacial score (nSPS) is 14.7. The molecule has 8 heteroatoms. The number of carbonyl (C=O) groups excluding carboxylic acids is 1. The van der Waals surface area contributed by atoms with E-state index >= 15 is 0 Å². The Morgan fingerprint density at radius 2 is 2.23 bits per heavy atom. The van der Waals surface area contributed by atoms with E-state index in [0.29, 0.717) is 25.3 Å². The number of nitrogens with zero attached hydrogens (tertiary/aromatic N) is 3. The average Bonchev–Trinajstić information content (AvgIpc) is 3.07. The third-order valence-corrected chi connectivity index (χ3v) is 3.78. The van der Waals surface area contributed by atoms with Gasteiger partial charge in [-0.05, 0) is 6.07 Å². The number of rotatable bonds is 4. The van der Waals surface area contributed by atoms with Gasteiger partial charge in [-0.2, -0.15) is 0 Å². The monoisotopic (exact) mass is 302 g/mol. The lowest BCUT2D eigenvalue weighted by Crippen LogP contribution is -2.32. The number of benzene rings is 1. The summed E-state index contributed by atoms with van der Waals surface area (Å²) in [5.41, 5.74) is 2.48. The SMILES string of the molecule is Cc1[nH]c[nH+]c1CN1CCN(c2cccc([N+](=O)[O-])c2)C1=O. The Balaban J connectivity index is 1.77. The molecule has 1 aliphatic heterocycles. The molecule has 1 aromatic heterocycles. The maximum atomic E-state index is 12.5. The van der Waals surface area contributed by atoms with Crippen molar-refractivity contribution in [2.45, 2.75) is 13.5 Å². The Morgan fingerprint density at radius 1 is 1.41 bits per heavy atom. The molecule has 1 saturated heterocycles. The number of H-pyrrole nitrogens is 2. The number of urea groups is 1. The number of anilines is 1. The average molecular weight is 302 g/mol. The molecule has 2 aromatic rings. The molecule has 2 N–H and O–H groups in total. The standard InChI is InChI=1S/C14H15N5O3/c1-10-13(16-9-15-10)8-17-5-6-18(14(17)20)11-3-2-4-12(7-11)19(21)22/h2-4,7,9H,5-6,8H2,1H3,(H,15,16)/p+1. The molecule has 2 amide bonds. The molecule has 0 atom stereocenters. The number of aromatic nitrogens is 2. The molecule has 8 nitrogen and oxygen atoms in total. The number of hydrogen-bond donors (Lipinski definition) is 1. The molecule has 114 valence electrons. The van der Waals surface area contributed by atoms with Crippen LogP contribution in [0.3, 0.4) is 0 Å². The number of non-ortho nitro benzene ring substituents is 1. The van der Waals surface area contributed by atoms with Gasteiger partial charge in [-0.3, -0.25) is 15.0 Å². The zero-order chi connectivity index (χ0) is 15.7. The van der Waals surface area contributed by atoms with Crippen molar-refractivity contribution in [3.05, 3.63) is 52.1 Å². The number of amides is 2. The van der Waals surface area contributed by atoms with E-state index in [1.165, 1.54) is 12.1 Å². The molecule has 22 heavy (non-hydrogen) atoms. The number of imidazole rings is 1. The first-order chi connectivity index (χ1) is 10.6. The van der Waals surface area contributed by atoms with Gasteiger partial charge in [-0.25, -0.2) is 14.8 Å². The van der Waals surface area contributed by atoms with E-state index in [-0.39, 0.29) is 11.7 Å². The molecule has 3 rings (SSSR count). The van der Waals surface area contributed by atoms with Crippen LogP contribution in [0.15, 0.2) is 30.6 Å². The Hall–Kier alpha value is -2.90. The summed E-state index contributed by atoms with van der Waals surface area (Å²) < 4.78 is 0. The van der Waals surface area contributed by atoms with Crippen LogP contribution in [-0.4, -0.2) is 33.9 Å². The van der Waals surface area contributed by atoms with Crippen LogP contribution in [0.5, 0.6) is 0 Å². The van der Waals surface area contributed by atoms with E-state index in [9.17, 15) is 14.9 Å². The lowest BCUT2D eigenvalue weighted by Gasteiger charge is -2.17. The first-order valence-electron chi connectivity index (χ1n) is 6.91. The first-order valence-corrected chi connectivity index (χ1v) is 6.91. The third-order valence-electron chi connectivity index (χ3n) is 3.78. The molecule has 2 heterocycles. The highest BCUT2D eigenvalue weighted by molar-refractivity contribution is 5.94. The summed E-state index contributed by atoms with van der Waals surface area (Å²) in [6.07, 6.45) is 1.73. The van der Waals surface area contributed by atoms with Gasteiger partial charge >= 0.3 is 6.03 Å². The number of aromatic amines is 2. The summed E-state index contributed by atoms with van der Waals surface area (Å²) in [6, 6.07) is 6.00. The molecule has 1 fully saturated rings. The molecule has 0 spiro atoms. The smallest absolute Gasteiger partial charge is 0.314 e. The van der Waals surface area contributed by atoms with Gasteiger partial charge in [0.25, 0.3) is 5.69 Å². The Bertz CT molecular complexity index is 727.